The Labute approximate surface area is 111 Å². The third kappa shape index (κ3) is 2.27. The Morgan fingerprint density at radius 2 is 1.37 bits per heavy atom. The third-order valence-electron chi connectivity index (χ3n) is 3.10. The largest absolute Gasteiger partial charge is 0.356 e. The van der Waals surface area contributed by atoms with Gasteiger partial charge in [0.1, 0.15) is 5.82 Å². The number of rotatable bonds is 2. The first kappa shape index (κ1) is 11.7. The highest BCUT2D eigenvalue weighted by Gasteiger charge is 2.09. The second-order valence-electron chi connectivity index (χ2n) is 4.49. The minimum absolute atomic E-state index is 0.217. The summed E-state index contributed by atoms with van der Waals surface area (Å²) in [6, 6.07) is 10.5. The molecular weight excluding hydrogens is 239 g/mol. The van der Waals surface area contributed by atoms with Gasteiger partial charge in [-0.2, -0.15) is 0 Å². The van der Waals surface area contributed by atoms with E-state index in [1.807, 2.05) is 29.9 Å². The Morgan fingerprint density at radius 3 is 1.95 bits per heavy atom. The van der Waals surface area contributed by atoms with Crippen LogP contribution < -0.4 is 0 Å². The van der Waals surface area contributed by atoms with E-state index in [2.05, 4.69) is 11.2 Å². The lowest BCUT2D eigenvalue weighted by atomic mass is 10.00. The number of aromatic nitrogens is 2. The second kappa shape index (κ2) is 4.69. The zero-order valence-corrected chi connectivity index (χ0v) is 10.5. The van der Waals surface area contributed by atoms with Crippen molar-refractivity contribution in [2.24, 2.45) is 7.05 Å². The van der Waals surface area contributed by atoms with Crippen molar-refractivity contribution < 1.29 is 4.39 Å². The smallest absolute Gasteiger partial charge is 0.123 e. The van der Waals surface area contributed by atoms with Crippen LogP contribution in [0.25, 0.3) is 22.3 Å². The van der Waals surface area contributed by atoms with Crippen LogP contribution in [-0.4, -0.2) is 9.55 Å². The number of benzene rings is 1. The predicted octanol–water partition coefficient (Wildman–Crippen LogP) is 3.89. The van der Waals surface area contributed by atoms with E-state index < -0.39 is 0 Å². The molecule has 0 saturated carbocycles. The van der Waals surface area contributed by atoms with Crippen LogP contribution in [0.15, 0.2) is 61.2 Å². The Bertz CT molecular complexity index is 685. The molecule has 3 heteroatoms. The number of aryl methyl sites for hydroxylation is 1. The lowest BCUT2D eigenvalue weighted by Gasteiger charge is -2.04. The van der Waals surface area contributed by atoms with E-state index in [1.165, 1.54) is 12.1 Å². The number of hydrogen-bond donors (Lipinski definition) is 0. The van der Waals surface area contributed by atoms with E-state index >= 15 is 0 Å². The Hall–Kier alpha value is -2.42. The first-order chi connectivity index (χ1) is 9.24. The van der Waals surface area contributed by atoms with Crippen LogP contribution in [0.4, 0.5) is 4.39 Å². The normalized spacial score (nSPS) is 10.6. The van der Waals surface area contributed by atoms with E-state index in [4.69, 9.17) is 0 Å². The van der Waals surface area contributed by atoms with Crippen molar-refractivity contribution in [1.82, 2.24) is 9.55 Å². The first-order valence-electron chi connectivity index (χ1n) is 6.06. The van der Waals surface area contributed by atoms with E-state index in [0.717, 1.165) is 22.3 Å². The molecule has 0 radical (unpaired) electrons. The van der Waals surface area contributed by atoms with E-state index in [-0.39, 0.29) is 5.82 Å². The quantitative estimate of drug-likeness (QED) is 0.676. The molecule has 0 aliphatic carbocycles. The zero-order valence-electron chi connectivity index (χ0n) is 10.5. The van der Waals surface area contributed by atoms with E-state index in [9.17, 15) is 4.39 Å². The highest BCUT2D eigenvalue weighted by Crippen LogP contribution is 2.32. The predicted molar refractivity (Wildman–Crippen MR) is 74.0 cm³/mol. The van der Waals surface area contributed by atoms with Crippen LogP contribution in [0.3, 0.4) is 0 Å². The average Bonchev–Trinajstić information content (AvgIpc) is 2.83. The van der Waals surface area contributed by atoms with Crippen LogP contribution >= 0.6 is 0 Å². The van der Waals surface area contributed by atoms with Crippen molar-refractivity contribution >= 4 is 0 Å². The van der Waals surface area contributed by atoms with Crippen LogP contribution in [0.1, 0.15) is 0 Å². The molecule has 3 aromatic rings. The van der Waals surface area contributed by atoms with E-state index in [1.54, 1.807) is 24.5 Å². The fourth-order valence-corrected chi connectivity index (χ4v) is 2.20. The first-order valence-corrected chi connectivity index (χ1v) is 6.06. The molecule has 3 rings (SSSR count). The van der Waals surface area contributed by atoms with Crippen molar-refractivity contribution in [3.8, 4) is 22.3 Å². The van der Waals surface area contributed by atoms with Crippen molar-refractivity contribution in [3.63, 3.8) is 0 Å². The summed E-state index contributed by atoms with van der Waals surface area (Å²) in [5, 5.41) is 0. The standard InChI is InChI=1S/C16H13FN2/c1-19-10-15(12-2-4-14(17)5-3-12)16(11-19)13-6-8-18-9-7-13/h2-11H,1H3. The molecule has 0 spiro atoms. The third-order valence-corrected chi connectivity index (χ3v) is 3.10. The number of nitrogens with zero attached hydrogens (tertiary/aromatic N) is 2. The maximum Gasteiger partial charge on any atom is 0.123 e. The van der Waals surface area contributed by atoms with Gasteiger partial charge < -0.3 is 4.57 Å². The molecule has 19 heavy (non-hydrogen) atoms. The molecule has 0 amide bonds. The molecule has 2 aromatic heterocycles. The van der Waals surface area contributed by atoms with Gasteiger partial charge in [-0.3, -0.25) is 4.98 Å². The molecule has 0 atom stereocenters. The number of hydrogen-bond acceptors (Lipinski definition) is 1. The monoisotopic (exact) mass is 252 g/mol. The van der Waals surface area contributed by atoms with Crippen LogP contribution in [-0.2, 0) is 7.05 Å². The summed E-state index contributed by atoms with van der Waals surface area (Å²) < 4.78 is 15.0. The SMILES string of the molecule is Cn1cc(-c2ccncc2)c(-c2ccc(F)cc2)c1. The van der Waals surface area contributed by atoms with Gasteiger partial charge in [-0.25, -0.2) is 4.39 Å². The minimum Gasteiger partial charge on any atom is -0.356 e. The van der Waals surface area contributed by atoms with Crippen molar-refractivity contribution in [2.75, 3.05) is 0 Å². The maximum absolute atomic E-state index is 13.0. The van der Waals surface area contributed by atoms with Gasteiger partial charge in [0.25, 0.3) is 0 Å². The van der Waals surface area contributed by atoms with E-state index in [0.29, 0.717) is 0 Å². The maximum atomic E-state index is 13.0. The molecule has 2 heterocycles. The molecule has 0 fully saturated rings. The van der Waals surface area contributed by atoms with Crippen molar-refractivity contribution in [2.45, 2.75) is 0 Å². The molecule has 0 N–H and O–H groups in total. The highest BCUT2D eigenvalue weighted by molar-refractivity contribution is 5.83. The fourth-order valence-electron chi connectivity index (χ4n) is 2.20. The Morgan fingerprint density at radius 1 is 0.842 bits per heavy atom. The minimum atomic E-state index is -0.217. The second-order valence-corrected chi connectivity index (χ2v) is 4.49. The van der Waals surface area contributed by atoms with Crippen molar-refractivity contribution in [1.29, 1.82) is 0 Å². The summed E-state index contributed by atoms with van der Waals surface area (Å²) >= 11 is 0. The van der Waals surface area contributed by atoms with Gasteiger partial charge in [0, 0.05) is 43.0 Å². The summed E-state index contributed by atoms with van der Waals surface area (Å²) in [5.74, 6) is -0.217. The lowest BCUT2D eigenvalue weighted by Crippen LogP contribution is -1.81. The summed E-state index contributed by atoms with van der Waals surface area (Å²) in [6.45, 7) is 0. The van der Waals surface area contributed by atoms with Crippen LogP contribution in [0, 0.1) is 5.82 Å². The Balaban J connectivity index is 2.15. The molecule has 94 valence electrons. The summed E-state index contributed by atoms with van der Waals surface area (Å²) in [7, 11) is 1.98. The molecule has 0 aliphatic heterocycles. The summed E-state index contributed by atoms with van der Waals surface area (Å²) in [6.07, 6.45) is 7.66. The van der Waals surface area contributed by atoms with Gasteiger partial charge in [0.2, 0.25) is 0 Å². The van der Waals surface area contributed by atoms with Gasteiger partial charge in [0.05, 0.1) is 0 Å². The zero-order chi connectivity index (χ0) is 13.2. The van der Waals surface area contributed by atoms with Gasteiger partial charge in [-0.05, 0) is 35.4 Å². The number of halogens is 1. The van der Waals surface area contributed by atoms with Gasteiger partial charge in [-0.1, -0.05) is 12.1 Å². The molecular formula is C16H13FN2. The fraction of sp³-hybridized carbons (Fsp3) is 0.0625. The van der Waals surface area contributed by atoms with Crippen molar-refractivity contribution in [3.05, 3.63) is 67.0 Å². The van der Waals surface area contributed by atoms with Gasteiger partial charge in [-0.15, -0.1) is 0 Å². The molecule has 0 aliphatic rings. The van der Waals surface area contributed by atoms with Crippen LogP contribution in [0.2, 0.25) is 0 Å². The average molecular weight is 252 g/mol. The number of pyridine rings is 1. The summed E-state index contributed by atoms with van der Waals surface area (Å²) in [5.41, 5.74) is 4.33. The van der Waals surface area contributed by atoms with Gasteiger partial charge >= 0.3 is 0 Å². The van der Waals surface area contributed by atoms with Crippen LogP contribution in [0.5, 0.6) is 0 Å². The topological polar surface area (TPSA) is 17.8 Å². The summed E-state index contributed by atoms with van der Waals surface area (Å²) in [4.78, 5) is 4.04. The lowest BCUT2D eigenvalue weighted by molar-refractivity contribution is 0.628. The molecule has 0 bridgehead atoms. The van der Waals surface area contributed by atoms with Gasteiger partial charge in [0.15, 0.2) is 0 Å². The highest BCUT2D eigenvalue weighted by atomic mass is 19.1. The molecule has 2 nitrogen and oxygen atoms in total. The molecule has 0 saturated heterocycles. The molecule has 0 unspecified atom stereocenters. The Kier molecular flexibility index (Phi) is 2.88. The molecule has 1 aromatic carbocycles.